The van der Waals surface area contributed by atoms with Crippen molar-refractivity contribution in [3.05, 3.63) is 58.1 Å². The van der Waals surface area contributed by atoms with Crippen molar-refractivity contribution >= 4 is 74.7 Å². The third-order valence-electron chi connectivity index (χ3n) is 7.09. The van der Waals surface area contributed by atoms with Crippen LogP contribution in [-0.4, -0.2) is 72.0 Å². The summed E-state index contributed by atoms with van der Waals surface area (Å²) < 4.78 is 6.94. The van der Waals surface area contributed by atoms with Gasteiger partial charge in [-0.15, -0.1) is 0 Å². The number of carbonyl (C=O) groups excluding carboxylic acids is 3. The van der Waals surface area contributed by atoms with Crippen LogP contribution in [0.15, 0.2) is 36.7 Å². The number of hydrogen-bond acceptors (Lipinski definition) is 9. The van der Waals surface area contributed by atoms with Crippen LogP contribution in [-0.2, 0) is 14.3 Å². The van der Waals surface area contributed by atoms with Gasteiger partial charge in [-0.2, -0.15) is 0 Å². The molecule has 1 aliphatic heterocycles. The highest BCUT2D eigenvalue weighted by molar-refractivity contribution is 6.35. The summed E-state index contributed by atoms with van der Waals surface area (Å²) in [5.41, 5.74) is 0.690. The molecule has 1 saturated heterocycles. The summed E-state index contributed by atoms with van der Waals surface area (Å²) >= 11 is 12.8. The number of carboxylic acids is 1. The number of benzene rings is 2. The van der Waals surface area contributed by atoms with Gasteiger partial charge in [0, 0.05) is 29.9 Å². The second-order valence-corrected chi connectivity index (χ2v) is 12.3. The number of anilines is 1. The van der Waals surface area contributed by atoms with Crippen molar-refractivity contribution in [1.82, 2.24) is 24.4 Å². The predicted octanol–water partition coefficient (Wildman–Crippen LogP) is 5.89. The minimum Gasteiger partial charge on any atom is -0.476 e. The fraction of sp³-hybridized carbons (Fsp3) is 0.367. The number of nitrogens with zero attached hydrogens (tertiary/aromatic N) is 5. The maximum Gasteiger partial charge on any atom is 0.420 e. The standard InChI is InChI=1S/C30H30Cl2N6O6/c1-30(2,3)44-29(43)38-23-8-6-16(31)12-22(23)36-26(38)20(7-9-24(39)28(41)42)35-25-18-13-19(32)17(14-21(18)33-15-34-25)27(40)37-10-4-5-11-37/h6,8,12-15,20H,4-5,7,9-11H2,1-3H3,(H,41,42)(H,33,34,35). The Bertz CT molecular complexity index is 1790. The van der Waals surface area contributed by atoms with Gasteiger partial charge in [-0.25, -0.2) is 29.1 Å². The highest BCUT2D eigenvalue weighted by Gasteiger charge is 2.30. The van der Waals surface area contributed by atoms with Crippen LogP contribution in [0.2, 0.25) is 10.0 Å². The number of rotatable bonds is 8. The molecule has 12 nitrogen and oxygen atoms in total. The largest absolute Gasteiger partial charge is 0.476 e. The zero-order valence-corrected chi connectivity index (χ0v) is 25.8. The van der Waals surface area contributed by atoms with Gasteiger partial charge in [0.2, 0.25) is 5.78 Å². The Hall–Kier alpha value is -4.29. The number of hydrogen-bond donors (Lipinski definition) is 2. The smallest absolute Gasteiger partial charge is 0.420 e. The monoisotopic (exact) mass is 640 g/mol. The van der Waals surface area contributed by atoms with Gasteiger partial charge in [0.05, 0.1) is 33.2 Å². The normalized spacial score (nSPS) is 14.2. The molecule has 4 aromatic rings. The molecule has 2 N–H and O–H groups in total. The van der Waals surface area contributed by atoms with E-state index in [0.717, 1.165) is 12.8 Å². The number of nitrogens with one attached hydrogen (secondary N) is 1. The second-order valence-electron chi connectivity index (χ2n) is 11.5. The van der Waals surface area contributed by atoms with Gasteiger partial charge in [-0.05, 0) is 70.4 Å². The third-order valence-corrected chi connectivity index (χ3v) is 7.64. The number of fused-ring (bicyclic) bond motifs is 2. The van der Waals surface area contributed by atoms with Crippen molar-refractivity contribution < 1.29 is 29.0 Å². The summed E-state index contributed by atoms with van der Waals surface area (Å²) in [6, 6.07) is 7.08. The van der Waals surface area contributed by atoms with E-state index in [9.17, 15) is 24.3 Å². The van der Waals surface area contributed by atoms with Crippen molar-refractivity contribution in [2.24, 2.45) is 0 Å². The Balaban J connectivity index is 1.60. The van der Waals surface area contributed by atoms with Gasteiger partial charge in [0.25, 0.3) is 5.91 Å². The van der Waals surface area contributed by atoms with Crippen LogP contribution in [0.3, 0.4) is 0 Å². The van der Waals surface area contributed by atoms with Crippen molar-refractivity contribution in [2.45, 2.75) is 58.1 Å². The summed E-state index contributed by atoms with van der Waals surface area (Å²) in [6.07, 6.45) is 1.99. The minimum atomic E-state index is -1.58. The third kappa shape index (κ3) is 6.61. The molecule has 5 rings (SSSR count). The Morgan fingerprint density at radius 1 is 1.05 bits per heavy atom. The minimum absolute atomic E-state index is 0.0737. The number of ketones is 1. The Kier molecular flexibility index (Phi) is 8.76. The number of imidazole rings is 1. The van der Waals surface area contributed by atoms with E-state index in [4.69, 9.17) is 27.9 Å². The summed E-state index contributed by atoms with van der Waals surface area (Å²) in [5.74, 6) is -2.36. The predicted molar refractivity (Wildman–Crippen MR) is 164 cm³/mol. The molecule has 3 heterocycles. The molecule has 0 radical (unpaired) electrons. The molecule has 2 aromatic heterocycles. The number of amides is 1. The molecule has 0 spiro atoms. The average Bonchev–Trinajstić information content (AvgIpc) is 3.62. The summed E-state index contributed by atoms with van der Waals surface area (Å²) in [7, 11) is 0. The van der Waals surface area contributed by atoms with Crippen LogP contribution in [0.5, 0.6) is 0 Å². The Morgan fingerprint density at radius 2 is 1.77 bits per heavy atom. The molecule has 1 atom stereocenters. The number of carboxylic acid groups (broad SMARTS) is 1. The molecular weight excluding hydrogens is 611 g/mol. The fourth-order valence-corrected chi connectivity index (χ4v) is 5.48. The molecule has 44 heavy (non-hydrogen) atoms. The van der Waals surface area contributed by atoms with E-state index in [2.05, 4.69) is 20.3 Å². The lowest BCUT2D eigenvalue weighted by Gasteiger charge is -2.23. The molecule has 1 aliphatic rings. The number of likely N-dealkylation sites (tertiary alicyclic amines) is 1. The van der Waals surface area contributed by atoms with Crippen LogP contribution < -0.4 is 5.32 Å². The molecule has 1 unspecified atom stereocenters. The van der Waals surface area contributed by atoms with E-state index in [1.54, 1.807) is 56.0 Å². The van der Waals surface area contributed by atoms with Crippen LogP contribution in [0, 0.1) is 0 Å². The number of ether oxygens (including phenoxy) is 1. The summed E-state index contributed by atoms with van der Waals surface area (Å²) in [6.45, 7) is 6.48. The number of aromatic nitrogens is 4. The highest BCUT2D eigenvalue weighted by Crippen LogP contribution is 2.33. The molecule has 1 amide bonds. The van der Waals surface area contributed by atoms with Crippen molar-refractivity contribution in [2.75, 3.05) is 18.4 Å². The lowest BCUT2D eigenvalue weighted by Crippen LogP contribution is -2.30. The van der Waals surface area contributed by atoms with E-state index in [1.165, 1.54) is 10.9 Å². The van der Waals surface area contributed by atoms with Gasteiger partial charge in [0.1, 0.15) is 23.6 Å². The van der Waals surface area contributed by atoms with Crippen molar-refractivity contribution in [3.63, 3.8) is 0 Å². The summed E-state index contributed by atoms with van der Waals surface area (Å²) in [5, 5.41) is 13.5. The van der Waals surface area contributed by atoms with E-state index < -0.39 is 29.5 Å². The van der Waals surface area contributed by atoms with Crippen LogP contribution in [0.25, 0.3) is 21.9 Å². The molecular formula is C30H30Cl2N6O6. The highest BCUT2D eigenvalue weighted by atomic mass is 35.5. The number of carbonyl (C=O) groups is 4. The Morgan fingerprint density at radius 3 is 2.45 bits per heavy atom. The quantitative estimate of drug-likeness (QED) is 0.222. The molecule has 2 aromatic carbocycles. The molecule has 14 heteroatoms. The lowest BCUT2D eigenvalue weighted by molar-refractivity contribution is -0.149. The lowest BCUT2D eigenvalue weighted by atomic mass is 10.1. The van der Waals surface area contributed by atoms with Gasteiger partial charge in [0.15, 0.2) is 0 Å². The van der Waals surface area contributed by atoms with E-state index >= 15 is 0 Å². The van der Waals surface area contributed by atoms with Gasteiger partial charge < -0.3 is 20.1 Å². The molecule has 0 aliphatic carbocycles. The first-order valence-corrected chi connectivity index (χ1v) is 14.8. The van der Waals surface area contributed by atoms with Crippen LogP contribution >= 0.6 is 23.2 Å². The maximum atomic E-state index is 13.5. The summed E-state index contributed by atoms with van der Waals surface area (Å²) in [4.78, 5) is 65.3. The maximum absolute atomic E-state index is 13.5. The molecule has 1 fully saturated rings. The number of halogens is 2. The molecule has 0 saturated carbocycles. The van der Waals surface area contributed by atoms with Gasteiger partial charge in [-0.3, -0.25) is 9.59 Å². The average molecular weight is 642 g/mol. The topological polar surface area (TPSA) is 157 Å². The van der Waals surface area contributed by atoms with E-state index in [-0.39, 0.29) is 35.4 Å². The van der Waals surface area contributed by atoms with Gasteiger partial charge in [-0.1, -0.05) is 23.2 Å². The van der Waals surface area contributed by atoms with Crippen LogP contribution in [0.4, 0.5) is 10.6 Å². The van der Waals surface area contributed by atoms with Crippen LogP contribution in [0.1, 0.15) is 68.7 Å². The van der Waals surface area contributed by atoms with Crippen molar-refractivity contribution in [3.8, 4) is 0 Å². The first-order chi connectivity index (χ1) is 20.8. The van der Waals surface area contributed by atoms with E-state index in [0.29, 0.717) is 45.6 Å². The number of aliphatic carboxylic acids is 1. The van der Waals surface area contributed by atoms with Gasteiger partial charge >= 0.3 is 12.1 Å². The van der Waals surface area contributed by atoms with Crippen molar-refractivity contribution in [1.29, 1.82) is 0 Å². The second kappa shape index (κ2) is 12.4. The first kappa shape index (κ1) is 31.1. The fourth-order valence-electron chi connectivity index (χ4n) is 5.06. The van der Waals surface area contributed by atoms with E-state index in [1.807, 2.05) is 0 Å². The molecule has 0 bridgehead atoms. The number of Topliss-reactive ketones (excluding diaryl/α,β-unsaturated/α-hetero) is 1. The molecule has 230 valence electrons. The SMILES string of the molecule is CC(C)(C)OC(=O)n1c(C(CCC(=O)C(=O)O)Nc2ncnc3cc(C(=O)N4CCCC4)c(Cl)cc23)nc2cc(Cl)ccc21. The first-order valence-electron chi connectivity index (χ1n) is 14.0. The zero-order chi connectivity index (χ0) is 31.8. The Labute approximate surface area is 262 Å². The zero-order valence-electron chi connectivity index (χ0n) is 24.3.